The van der Waals surface area contributed by atoms with Crippen LogP contribution in [0, 0.1) is 5.82 Å². The number of aromatic nitrogens is 1. The van der Waals surface area contributed by atoms with Crippen molar-refractivity contribution in [2.75, 3.05) is 5.73 Å². The number of halogens is 1. The lowest BCUT2D eigenvalue weighted by molar-refractivity contribution is 0.0935. The number of amides is 1. The van der Waals surface area contributed by atoms with Crippen LogP contribution in [0.4, 0.5) is 10.1 Å². The molecule has 1 atom stereocenters. The number of rotatable bonds is 3. The van der Waals surface area contributed by atoms with Gasteiger partial charge in [-0.05, 0) is 36.8 Å². The maximum absolute atomic E-state index is 13.1. The van der Waals surface area contributed by atoms with Gasteiger partial charge in [0.25, 0.3) is 5.91 Å². The smallest absolute Gasteiger partial charge is 0.270 e. The third kappa shape index (κ3) is 3.28. The number of pyridine rings is 1. The van der Waals surface area contributed by atoms with Gasteiger partial charge in [-0.1, -0.05) is 12.1 Å². The van der Waals surface area contributed by atoms with E-state index in [9.17, 15) is 9.18 Å². The molecule has 0 fully saturated rings. The molecule has 19 heavy (non-hydrogen) atoms. The van der Waals surface area contributed by atoms with Crippen molar-refractivity contribution in [3.63, 3.8) is 0 Å². The highest BCUT2D eigenvalue weighted by Crippen LogP contribution is 2.14. The lowest BCUT2D eigenvalue weighted by Gasteiger charge is -2.14. The molecule has 0 bridgehead atoms. The molecule has 5 heteroatoms. The predicted molar refractivity (Wildman–Crippen MR) is 70.9 cm³/mol. The van der Waals surface area contributed by atoms with Crippen molar-refractivity contribution in [2.45, 2.75) is 13.0 Å². The first-order valence-corrected chi connectivity index (χ1v) is 5.84. The SMILES string of the molecule is CC(NC(=O)c1cc(N)ccn1)c1cccc(F)c1. The van der Waals surface area contributed by atoms with E-state index in [-0.39, 0.29) is 23.5 Å². The summed E-state index contributed by atoms with van der Waals surface area (Å²) in [5.74, 6) is -0.676. The van der Waals surface area contributed by atoms with E-state index in [0.717, 1.165) is 0 Å². The number of anilines is 1. The Hall–Kier alpha value is -2.43. The highest BCUT2D eigenvalue weighted by Gasteiger charge is 2.13. The molecule has 3 N–H and O–H groups in total. The summed E-state index contributed by atoms with van der Waals surface area (Å²) in [6, 6.07) is 8.88. The Morgan fingerprint density at radius 1 is 1.37 bits per heavy atom. The molecule has 0 aliphatic carbocycles. The van der Waals surface area contributed by atoms with E-state index in [1.165, 1.54) is 24.4 Å². The molecule has 98 valence electrons. The number of nitrogens with zero attached hydrogens (tertiary/aromatic N) is 1. The fourth-order valence-electron chi connectivity index (χ4n) is 1.70. The summed E-state index contributed by atoms with van der Waals surface area (Å²) in [6.45, 7) is 1.78. The number of carbonyl (C=O) groups is 1. The van der Waals surface area contributed by atoms with Gasteiger partial charge in [-0.2, -0.15) is 0 Å². The lowest BCUT2D eigenvalue weighted by Crippen LogP contribution is -2.27. The average Bonchev–Trinajstić information content (AvgIpc) is 2.38. The van der Waals surface area contributed by atoms with E-state index in [2.05, 4.69) is 10.3 Å². The zero-order valence-electron chi connectivity index (χ0n) is 10.4. The Bertz CT molecular complexity index is 601. The van der Waals surface area contributed by atoms with Crippen LogP contribution in [-0.4, -0.2) is 10.9 Å². The van der Waals surface area contributed by atoms with Crippen molar-refractivity contribution in [3.8, 4) is 0 Å². The zero-order valence-corrected chi connectivity index (χ0v) is 10.4. The Morgan fingerprint density at radius 3 is 2.84 bits per heavy atom. The first kappa shape index (κ1) is 13.0. The van der Waals surface area contributed by atoms with Gasteiger partial charge in [-0.25, -0.2) is 4.39 Å². The van der Waals surface area contributed by atoms with Gasteiger partial charge in [0.1, 0.15) is 11.5 Å². The van der Waals surface area contributed by atoms with Gasteiger partial charge in [-0.3, -0.25) is 9.78 Å². The molecule has 2 rings (SSSR count). The number of carbonyl (C=O) groups excluding carboxylic acids is 1. The van der Waals surface area contributed by atoms with E-state index in [1.807, 2.05) is 0 Å². The average molecular weight is 259 g/mol. The maximum atomic E-state index is 13.1. The number of nitrogen functional groups attached to an aromatic ring is 1. The van der Waals surface area contributed by atoms with Gasteiger partial charge < -0.3 is 11.1 Å². The van der Waals surface area contributed by atoms with Crippen LogP contribution in [0.3, 0.4) is 0 Å². The third-order valence-electron chi connectivity index (χ3n) is 2.71. The highest BCUT2D eigenvalue weighted by atomic mass is 19.1. The minimum Gasteiger partial charge on any atom is -0.399 e. The predicted octanol–water partition coefficient (Wildman–Crippen LogP) is 2.29. The molecule has 0 radical (unpaired) electrons. The van der Waals surface area contributed by atoms with Gasteiger partial charge >= 0.3 is 0 Å². The fourth-order valence-corrected chi connectivity index (χ4v) is 1.70. The van der Waals surface area contributed by atoms with Gasteiger partial charge in [0.2, 0.25) is 0 Å². The monoisotopic (exact) mass is 259 g/mol. The van der Waals surface area contributed by atoms with E-state index >= 15 is 0 Å². The molecule has 0 saturated heterocycles. The second kappa shape index (κ2) is 5.48. The minimum atomic E-state index is -0.343. The number of benzene rings is 1. The fraction of sp³-hybridized carbons (Fsp3) is 0.143. The summed E-state index contributed by atoms with van der Waals surface area (Å²) in [4.78, 5) is 15.9. The van der Waals surface area contributed by atoms with Gasteiger partial charge in [-0.15, -0.1) is 0 Å². The normalized spacial score (nSPS) is 11.9. The second-order valence-corrected chi connectivity index (χ2v) is 4.22. The van der Waals surface area contributed by atoms with E-state index < -0.39 is 0 Å². The second-order valence-electron chi connectivity index (χ2n) is 4.22. The number of hydrogen-bond acceptors (Lipinski definition) is 3. The summed E-state index contributed by atoms with van der Waals surface area (Å²) in [6.07, 6.45) is 1.47. The van der Waals surface area contributed by atoms with E-state index in [1.54, 1.807) is 25.1 Å². The molecule has 0 spiro atoms. The molecule has 0 aliphatic rings. The number of nitrogens with two attached hydrogens (primary N) is 1. The molecule has 1 heterocycles. The van der Waals surface area contributed by atoms with E-state index in [0.29, 0.717) is 11.3 Å². The van der Waals surface area contributed by atoms with Crippen molar-refractivity contribution in [2.24, 2.45) is 0 Å². The van der Waals surface area contributed by atoms with Crippen molar-refractivity contribution in [1.29, 1.82) is 0 Å². The molecular weight excluding hydrogens is 245 g/mol. The van der Waals surface area contributed by atoms with Crippen LogP contribution >= 0.6 is 0 Å². The number of hydrogen-bond donors (Lipinski definition) is 2. The van der Waals surface area contributed by atoms with Crippen molar-refractivity contribution in [3.05, 3.63) is 59.7 Å². The first-order chi connectivity index (χ1) is 9.06. The van der Waals surface area contributed by atoms with Crippen LogP contribution in [0.1, 0.15) is 29.0 Å². The van der Waals surface area contributed by atoms with Crippen molar-refractivity contribution < 1.29 is 9.18 Å². The van der Waals surface area contributed by atoms with Crippen LogP contribution < -0.4 is 11.1 Å². The molecule has 0 aliphatic heterocycles. The molecule has 1 aromatic heterocycles. The largest absolute Gasteiger partial charge is 0.399 e. The quantitative estimate of drug-likeness (QED) is 0.888. The standard InChI is InChI=1S/C14H14FN3O/c1-9(10-3-2-4-11(15)7-10)18-14(19)13-8-12(16)5-6-17-13/h2-9H,1H3,(H2,16,17)(H,18,19). The molecule has 0 saturated carbocycles. The third-order valence-corrected chi connectivity index (χ3v) is 2.71. The van der Waals surface area contributed by atoms with Gasteiger partial charge in [0, 0.05) is 11.9 Å². The minimum absolute atomic E-state index is 0.239. The lowest BCUT2D eigenvalue weighted by atomic mass is 10.1. The molecule has 1 amide bonds. The van der Waals surface area contributed by atoms with Crippen LogP contribution in [0.15, 0.2) is 42.6 Å². The Morgan fingerprint density at radius 2 is 2.16 bits per heavy atom. The summed E-state index contributed by atoms with van der Waals surface area (Å²) in [5.41, 5.74) is 6.99. The maximum Gasteiger partial charge on any atom is 0.270 e. The summed E-state index contributed by atoms with van der Waals surface area (Å²) in [7, 11) is 0. The topological polar surface area (TPSA) is 68.0 Å². The van der Waals surface area contributed by atoms with Crippen LogP contribution in [0.5, 0.6) is 0 Å². The summed E-state index contributed by atoms with van der Waals surface area (Å²) >= 11 is 0. The summed E-state index contributed by atoms with van der Waals surface area (Å²) in [5, 5.41) is 2.74. The molecular formula is C14H14FN3O. The highest BCUT2D eigenvalue weighted by molar-refractivity contribution is 5.93. The first-order valence-electron chi connectivity index (χ1n) is 5.84. The molecule has 1 aromatic carbocycles. The van der Waals surface area contributed by atoms with Gasteiger partial charge in [0.05, 0.1) is 6.04 Å². The number of nitrogens with one attached hydrogen (secondary N) is 1. The van der Waals surface area contributed by atoms with Crippen molar-refractivity contribution >= 4 is 11.6 Å². The van der Waals surface area contributed by atoms with Crippen LogP contribution in [0.2, 0.25) is 0 Å². The Kier molecular flexibility index (Phi) is 3.75. The summed E-state index contributed by atoms with van der Waals surface area (Å²) < 4.78 is 13.1. The molecule has 1 unspecified atom stereocenters. The van der Waals surface area contributed by atoms with Crippen molar-refractivity contribution in [1.82, 2.24) is 10.3 Å². The van der Waals surface area contributed by atoms with Crippen LogP contribution in [-0.2, 0) is 0 Å². The Balaban J connectivity index is 2.11. The Labute approximate surface area is 110 Å². The molecule has 4 nitrogen and oxygen atoms in total. The van der Waals surface area contributed by atoms with Crippen LogP contribution in [0.25, 0.3) is 0 Å². The van der Waals surface area contributed by atoms with E-state index in [4.69, 9.17) is 5.73 Å². The molecule has 2 aromatic rings. The van der Waals surface area contributed by atoms with Gasteiger partial charge in [0.15, 0.2) is 0 Å². The zero-order chi connectivity index (χ0) is 13.8.